The van der Waals surface area contributed by atoms with E-state index in [4.69, 9.17) is 16.2 Å². The van der Waals surface area contributed by atoms with Gasteiger partial charge in [0.1, 0.15) is 0 Å². The first-order valence-corrected chi connectivity index (χ1v) is 5.94. The predicted octanol–water partition coefficient (Wildman–Crippen LogP) is 1.76. The van der Waals surface area contributed by atoms with Crippen LogP contribution in [0.15, 0.2) is 6.20 Å². The molecule has 2 aromatic heterocycles. The van der Waals surface area contributed by atoms with E-state index >= 15 is 0 Å². The lowest BCUT2D eigenvalue weighted by atomic mass is 10.4. The number of ether oxygens (including phenoxy) is 1. The van der Waals surface area contributed by atoms with E-state index in [2.05, 4.69) is 15.0 Å². The van der Waals surface area contributed by atoms with Gasteiger partial charge in [-0.2, -0.15) is 4.98 Å². The zero-order valence-electron chi connectivity index (χ0n) is 9.60. The van der Waals surface area contributed by atoms with Crippen LogP contribution in [-0.4, -0.2) is 15.0 Å². The molecule has 0 unspecified atom stereocenters. The van der Waals surface area contributed by atoms with Crippen LogP contribution < -0.4 is 16.2 Å². The highest BCUT2D eigenvalue weighted by molar-refractivity contribution is 7.13. The molecule has 4 N–H and O–H groups in total. The quantitative estimate of drug-likeness (QED) is 0.862. The maximum Gasteiger partial charge on any atom is 0.222 e. The smallest absolute Gasteiger partial charge is 0.222 e. The van der Waals surface area contributed by atoms with E-state index in [1.54, 1.807) is 0 Å². The van der Waals surface area contributed by atoms with E-state index in [1.807, 2.05) is 13.8 Å². The first kappa shape index (κ1) is 11.6. The standard InChI is InChI=1S/C10H13N5OS/c1-3-6-9(17-5(2)14-6)16-7-4-13-10(12)15-8(7)11/h4H,3H2,1-2H3,(H4,11,12,13,15). The number of rotatable bonds is 3. The molecule has 0 aliphatic carbocycles. The third kappa shape index (κ3) is 2.44. The fourth-order valence-corrected chi connectivity index (χ4v) is 2.19. The fraction of sp³-hybridized carbons (Fsp3) is 0.300. The van der Waals surface area contributed by atoms with E-state index < -0.39 is 0 Å². The van der Waals surface area contributed by atoms with Crippen molar-refractivity contribution in [3.05, 3.63) is 16.9 Å². The Labute approximate surface area is 103 Å². The molecule has 0 aliphatic rings. The second kappa shape index (κ2) is 4.54. The Morgan fingerprint density at radius 2 is 2.12 bits per heavy atom. The summed E-state index contributed by atoms with van der Waals surface area (Å²) in [5.41, 5.74) is 12.0. The lowest BCUT2D eigenvalue weighted by Crippen LogP contribution is -2.01. The number of nitrogen functional groups attached to an aromatic ring is 2. The summed E-state index contributed by atoms with van der Waals surface area (Å²) in [5, 5.41) is 1.68. The van der Waals surface area contributed by atoms with Gasteiger partial charge in [-0.15, -0.1) is 0 Å². The summed E-state index contributed by atoms with van der Waals surface area (Å²) < 4.78 is 5.66. The number of aryl methyl sites for hydroxylation is 2. The zero-order valence-corrected chi connectivity index (χ0v) is 10.4. The Bertz CT molecular complexity index is 539. The lowest BCUT2D eigenvalue weighted by molar-refractivity contribution is 0.487. The van der Waals surface area contributed by atoms with Gasteiger partial charge >= 0.3 is 0 Å². The zero-order chi connectivity index (χ0) is 12.4. The van der Waals surface area contributed by atoms with Crippen molar-refractivity contribution in [1.82, 2.24) is 15.0 Å². The number of nitrogens with zero attached hydrogens (tertiary/aromatic N) is 3. The minimum absolute atomic E-state index is 0.131. The fourth-order valence-electron chi connectivity index (χ4n) is 1.33. The summed E-state index contributed by atoms with van der Waals surface area (Å²) in [6.45, 7) is 3.95. The van der Waals surface area contributed by atoms with Crippen LogP contribution in [0.3, 0.4) is 0 Å². The largest absolute Gasteiger partial charge is 0.439 e. The van der Waals surface area contributed by atoms with Crippen LogP contribution in [0.1, 0.15) is 17.6 Å². The highest BCUT2D eigenvalue weighted by Gasteiger charge is 2.12. The van der Waals surface area contributed by atoms with Crippen LogP contribution in [0.5, 0.6) is 10.8 Å². The van der Waals surface area contributed by atoms with Crippen molar-refractivity contribution in [3.63, 3.8) is 0 Å². The third-order valence-electron chi connectivity index (χ3n) is 2.11. The molecule has 2 heterocycles. The van der Waals surface area contributed by atoms with Crippen molar-refractivity contribution in [1.29, 1.82) is 0 Å². The molecule has 2 rings (SSSR count). The van der Waals surface area contributed by atoms with Crippen LogP contribution in [0.25, 0.3) is 0 Å². The minimum Gasteiger partial charge on any atom is -0.439 e. The molecule has 0 bridgehead atoms. The highest BCUT2D eigenvalue weighted by Crippen LogP contribution is 2.33. The van der Waals surface area contributed by atoms with Crippen molar-refractivity contribution in [2.45, 2.75) is 20.3 Å². The molecule has 0 atom stereocenters. The molecule has 7 heteroatoms. The molecule has 0 spiro atoms. The van der Waals surface area contributed by atoms with Crippen LogP contribution in [-0.2, 0) is 6.42 Å². The van der Waals surface area contributed by atoms with E-state index in [0.29, 0.717) is 5.75 Å². The van der Waals surface area contributed by atoms with Gasteiger partial charge in [-0.1, -0.05) is 18.3 Å². The molecular formula is C10H13N5OS. The van der Waals surface area contributed by atoms with E-state index in [1.165, 1.54) is 17.5 Å². The molecule has 0 aliphatic heterocycles. The Hall–Kier alpha value is -1.89. The Kier molecular flexibility index (Phi) is 3.10. The predicted molar refractivity (Wildman–Crippen MR) is 67.2 cm³/mol. The molecule has 0 fully saturated rings. The monoisotopic (exact) mass is 251 g/mol. The topological polar surface area (TPSA) is 99.9 Å². The molecule has 0 amide bonds. The molecule has 0 saturated heterocycles. The Morgan fingerprint density at radius 1 is 1.35 bits per heavy atom. The molecule has 2 aromatic rings. The van der Waals surface area contributed by atoms with Gasteiger partial charge in [0, 0.05) is 0 Å². The second-order valence-corrected chi connectivity index (χ2v) is 4.57. The number of hydrogen-bond acceptors (Lipinski definition) is 7. The molecule has 6 nitrogen and oxygen atoms in total. The van der Waals surface area contributed by atoms with Gasteiger partial charge in [0.25, 0.3) is 0 Å². The average molecular weight is 251 g/mol. The summed E-state index contributed by atoms with van der Waals surface area (Å²) in [6, 6.07) is 0. The maximum absolute atomic E-state index is 5.70. The summed E-state index contributed by atoms with van der Waals surface area (Å²) in [6.07, 6.45) is 2.27. The van der Waals surface area contributed by atoms with Gasteiger partial charge in [0.15, 0.2) is 11.6 Å². The second-order valence-electron chi connectivity index (χ2n) is 3.40. The van der Waals surface area contributed by atoms with Crippen molar-refractivity contribution in [3.8, 4) is 10.8 Å². The number of anilines is 2. The van der Waals surface area contributed by atoms with Gasteiger partial charge < -0.3 is 16.2 Å². The van der Waals surface area contributed by atoms with Gasteiger partial charge in [0.2, 0.25) is 11.0 Å². The van der Waals surface area contributed by atoms with Crippen molar-refractivity contribution >= 4 is 23.1 Å². The third-order valence-corrected chi connectivity index (χ3v) is 3.00. The summed E-state index contributed by atoms with van der Waals surface area (Å²) in [4.78, 5) is 12.0. The summed E-state index contributed by atoms with van der Waals surface area (Å²) in [7, 11) is 0. The van der Waals surface area contributed by atoms with Gasteiger partial charge in [0.05, 0.1) is 16.9 Å². The maximum atomic E-state index is 5.70. The molecule has 0 saturated carbocycles. The van der Waals surface area contributed by atoms with Gasteiger partial charge in [-0.05, 0) is 13.3 Å². The van der Waals surface area contributed by atoms with Crippen LogP contribution in [0, 0.1) is 6.92 Å². The molecular weight excluding hydrogens is 238 g/mol. The van der Waals surface area contributed by atoms with Crippen LogP contribution in [0.2, 0.25) is 0 Å². The molecule has 0 radical (unpaired) electrons. The number of thiazole rings is 1. The minimum atomic E-state index is 0.131. The summed E-state index contributed by atoms with van der Waals surface area (Å²) >= 11 is 1.47. The first-order valence-electron chi connectivity index (χ1n) is 5.12. The molecule has 0 aromatic carbocycles. The molecule has 90 valence electrons. The van der Waals surface area contributed by atoms with Gasteiger partial charge in [-0.3, -0.25) is 0 Å². The van der Waals surface area contributed by atoms with Gasteiger partial charge in [-0.25, -0.2) is 9.97 Å². The van der Waals surface area contributed by atoms with Crippen molar-refractivity contribution in [2.75, 3.05) is 11.5 Å². The average Bonchev–Trinajstić information content (AvgIpc) is 2.63. The number of aromatic nitrogens is 3. The van der Waals surface area contributed by atoms with Crippen molar-refractivity contribution < 1.29 is 4.74 Å². The Balaban J connectivity index is 2.30. The van der Waals surface area contributed by atoms with Crippen molar-refractivity contribution in [2.24, 2.45) is 0 Å². The SMILES string of the molecule is CCc1nc(C)sc1Oc1cnc(N)nc1N. The first-order chi connectivity index (χ1) is 8.10. The van der Waals surface area contributed by atoms with Crippen LogP contribution in [0.4, 0.5) is 11.8 Å². The normalized spacial score (nSPS) is 10.5. The Morgan fingerprint density at radius 3 is 2.76 bits per heavy atom. The molecule has 17 heavy (non-hydrogen) atoms. The highest BCUT2D eigenvalue weighted by atomic mass is 32.1. The van der Waals surface area contributed by atoms with E-state index in [9.17, 15) is 0 Å². The summed E-state index contributed by atoms with van der Waals surface area (Å²) in [5.74, 6) is 0.759. The number of hydrogen-bond donors (Lipinski definition) is 2. The van der Waals surface area contributed by atoms with E-state index in [0.717, 1.165) is 22.2 Å². The van der Waals surface area contributed by atoms with E-state index in [-0.39, 0.29) is 11.8 Å². The lowest BCUT2D eigenvalue weighted by Gasteiger charge is -2.06. The number of nitrogens with two attached hydrogens (primary N) is 2. The van der Waals surface area contributed by atoms with Crippen LogP contribution >= 0.6 is 11.3 Å².